The molecule has 196 valence electrons. The number of hydrogen-bond donors (Lipinski definition) is 0. The van der Waals surface area contributed by atoms with Crippen molar-refractivity contribution in [2.75, 3.05) is 32.7 Å². The molecule has 1 aliphatic heterocycles. The van der Waals surface area contributed by atoms with Crippen molar-refractivity contribution < 1.29 is 14.0 Å². The van der Waals surface area contributed by atoms with Gasteiger partial charge in [0.25, 0.3) is 5.91 Å². The third-order valence-corrected chi connectivity index (χ3v) is 8.17. The van der Waals surface area contributed by atoms with Gasteiger partial charge in [0.05, 0.1) is 16.6 Å². The monoisotopic (exact) mass is 561 g/mol. The predicted octanol–water partition coefficient (Wildman–Crippen LogP) is 6.27. The Morgan fingerprint density at radius 2 is 1.68 bits per heavy atom. The Labute approximate surface area is 231 Å². The van der Waals surface area contributed by atoms with E-state index in [9.17, 15) is 14.0 Å². The highest BCUT2D eigenvalue weighted by atomic mass is 35.5. The first-order chi connectivity index (χ1) is 17.8. The number of amides is 2. The van der Waals surface area contributed by atoms with Crippen LogP contribution < -0.4 is 0 Å². The third kappa shape index (κ3) is 7.77. The predicted molar refractivity (Wildman–Crippen MR) is 148 cm³/mol. The molecular weight excluding hydrogens is 532 g/mol. The molecule has 0 N–H and O–H groups in total. The smallest absolute Gasteiger partial charge is 0.254 e. The van der Waals surface area contributed by atoms with E-state index in [1.165, 1.54) is 12.1 Å². The van der Waals surface area contributed by atoms with Crippen molar-refractivity contribution in [2.24, 2.45) is 0 Å². The maximum Gasteiger partial charge on any atom is 0.254 e. The van der Waals surface area contributed by atoms with Crippen LogP contribution in [0.25, 0.3) is 0 Å². The molecule has 1 fully saturated rings. The quantitative estimate of drug-likeness (QED) is 0.293. The van der Waals surface area contributed by atoms with E-state index in [2.05, 4.69) is 4.90 Å². The first kappa shape index (κ1) is 27.6. The molecule has 0 saturated carbocycles. The average Bonchev–Trinajstić information content (AvgIpc) is 3.55. The minimum atomic E-state index is -0.323. The molecule has 2 heterocycles. The summed E-state index contributed by atoms with van der Waals surface area (Å²) in [6.45, 7) is 5.80. The average molecular weight is 563 g/mol. The largest absolute Gasteiger partial charge is 0.332 e. The molecule has 2 aromatic carbocycles. The number of halogens is 3. The Hall–Kier alpha value is -2.45. The zero-order valence-electron chi connectivity index (χ0n) is 20.8. The normalized spacial score (nSPS) is 13.6. The van der Waals surface area contributed by atoms with E-state index in [4.69, 9.17) is 23.2 Å². The fraction of sp³-hybridized carbons (Fsp3) is 0.357. The summed E-state index contributed by atoms with van der Waals surface area (Å²) >= 11 is 13.9. The van der Waals surface area contributed by atoms with Crippen molar-refractivity contribution in [1.82, 2.24) is 14.7 Å². The summed E-state index contributed by atoms with van der Waals surface area (Å²) < 4.78 is 13.5. The summed E-state index contributed by atoms with van der Waals surface area (Å²) in [6.07, 6.45) is 2.29. The van der Waals surface area contributed by atoms with E-state index in [-0.39, 0.29) is 24.2 Å². The van der Waals surface area contributed by atoms with Crippen LogP contribution in [0.1, 0.15) is 38.5 Å². The molecule has 37 heavy (non-hydrogen) atoms. The van der Waals surface area contributed by atoms with Crippen molar-refractivity contribution in [1.29, 1.82) is 0 Å². The molecule has 1 aliphatic rings. The van der Waals surface area contributed by atoms with E-state index in [1.807, 2.05) is 19.1 Å². The molecule has 1 aromatic heterocycles. The standard InChI is InChI=1S/C28H30Cl2FN3O2S/c1-20-4-10-24(37-20)18-34(17-21-5-8-23(31)9-6-21)27(35)19-33(15-14-32-12-2-3-13-32)28(36)22-7-11-25(29)26(30)16-22/h4-11,16H,2-3,12-15,17-19H2,1H3. The van der Waals surface area contributed by atoms with Gasteiger partial charge in [-0.1, -0.05) is 35.3 Å². The second-order valence-electron chi connectivity index (χ2n) is 9.29. The first-order valence-corrected chi connectivity index (χ1v) is 13.9. The highest BCUT2D eigenvalue weighted by molar-refractivity contribution is 7.11. The zero-order valence-corrected chi connectivity index (χ0v) is 23.1. The Morgan fingerprint density at radius 3 is 2.32 bits per heavy atom. The van der Waals surface area contributed by atoms with E-state index in [1.54, 1.807) is 51.5 Å². The van der Waals surface area contributed by atoms with Gasteiger partial charge in [-0.25, -0.2) is 4.39 Å². The summed E-state index contributed by atoms with van der Waals surface area (Å²) in [7, 11) is 0. The molecule has 4 rings (SSSR count). The van der Waals surface area contributed by atoms with Crippen molar-refractivity contribution in [3.8, 4) is 0 Å². The number of carbonyl (C=O) groups excluding carboxylic acids is 2. The van der Waals surface area contributed by atoms with Gasteiger partial charge in [0.1, 0.15) is 12.4 Å². The molecule has 0 spiro atoms. The van der Waals surface area contributed by atoms with Gasteiger partial charge >= 0.3 is 0 Å². The van der Waals surface area contributed by atoms with Gasteiger partial charge in [-0.2, -0.15) is 0 Å². The third-order valence-electron chi connectivity index (χ3n) is 6.45. The minimum absolute atomic E-state index is 0.0710. The number of aryl methyl sites for hydroxylation is 1. The van der Waals surface area contributed by atoms with Gasteiger partial charge in [0.2, 0.25) is 5.91 Å². The van der Waals surface area contributed by atoms with Crippen LogP contribution in [0.3, 0.4) is 0 Å². The number of nitrogens with zero attached hydrogens (tertiary/aromatic N) is 3. The molecule has 0 bridgehead atoms. The summed E-state index contributed by atoms with van der Waals surface area (Å²) in [5, 5.41) is 0.666. The van der Waals surface area contributed by atoms with E-state index >= 15 is 0 Å². The van der Waals surface area contributed by atoms with Crippen molar-refractivity contribution in [2.45, 2.75) is 32.9 Å². The molecule has 0 radical (unpaired) electrons. The van der Waals surface area contributed by atoms with Crippen molar-refractivity contribution in [3.05, 3.63) is 91.3 Å². The number of thiophene rings is 1. The molecule has 9 heteroatoms. The lowest BCUT2D eigenvalue weighted by atomic mass is 10.2. The van der Waals surface area contributed by atoms with E-state index < -0.39 is 0 Å². The molecule has 0 unspecified atom stereocenters. The lowest BCUT2D eigenvalue weighted by Crippen LogP contribution is -2.45. The zero-order chi connectivity index (χ0) is 26.4. The molecule has 2 amide bonds. The Bertz CT molecular complexity index is 1230. The molecule has 0 aliphatic carbocycles. The van der Waals surface area contributed by atoms with Crippen LogP contribution in [0.4, 0.5) is 4.39 Å². The van der Waals surface area contributed by atoms with Crippen LogP contribution in [0.15, 0.2) is 54.6 Å². The number of hydrogen-bond acceptors (Lipinski definition) is 4. The number of carbonyl (C=O) groups is 2. The molecule has 1 saturated heterocycles. The first-order valence-electron chi connectivity index (χ1n) is 12.3. The highest BCUT2D eigenvalue weighted by Crippen LogP contribution is 2.24. The van der Waals surface area contributed by atoms with Crippen molar-refractivity contribution in [3.63, 3.8) is 0 Å². The van der Waals surface area contributed by atoms with Gasteiger partial charge in [0.15, 0.2) is 0 Å². The lowest BCUT2D eigenvalue weighted by Gasteiger charge is -2.29. The molecular formula is C28H30Cl2FN3O2S. The topological polar surface area (TPSA) is 43.9 Å². The summed E-state index contributed by atoms with van der Waals surface area (Å²) in [6, 6.07) is 15.0. The number of likely N-dealkylation sites (tertiary alicyclic amines) is 1. The van der Waals surface area contributed by atoms with E-state index in [0.717, 1.165) is 41.2 Å². The highest BCUT2D eigenvalue weighted by Gasteiger charge is 2.25. The van der Waals surface area contributed by atoms with Gasteiger partial charge in [-0.15, -0.1) is 11.3 Å². The number of rotatable bonds is 10. The molecule has 5 nitrogen and oxygen atoms in total. The van der Waals surface area contributed by atoms with Crippen LogP contribution in [0.2, 0.25) is 10.0 Å². The van der Waals surface area contributed by atoms with E-state index in [0.29, 0.717) is 41.8 Å². The molecule has 0 atom stereocenters. The van der Waals surface area contributed by atoms with Crippen molar-refractivity contribution >= 4 is 46.4 Å². The fourth-order valence-electron chi connectivity index (χ4n) is 4.40. The Morgan fingerprint density at radius 1 is 0.946 bits per heavy atom. The summed E-state index contributed by atoms with van der Waals surface area (Å²) in [5.74, 6) is -0.763. The maximum atomic E-state index is 13.7. The Balaban J connectivity index is 1.55. The van der Waals surface area contributed by atoms with Gasteiger partial charge < -0.3 is 14.7 Å². The number of benzene rings is 2. The maximum absolute atomic E-state index is 13.7. The van der Waals surface area contributed by atoms with Crippen LogP contribution in [0, 0.1) is 12.7 Å². The summed E-state index contributed by atoms with van der Waals surface area (Å²) in [4.78, 5) is 35.1. The van der Waals surface area contributed by atoms with Gasteiger partial charge in [-0.05, 0) is 80.9 Å². The summed E-state index contributed by atoms with van der Waals surface area (Å²) in [5.41, 5.74) is 1.21. The molecule has 3 aromatic rings. The SMILES string of the molecule is Cc1ccc(CN(Cc2ccc(F)cc2)C(=O)CN(CCN2CCCC2)C(=O)c2ccc(Cl)c(Cl)c2)s1. The second kappa shape index (κ2) is 12.9. The van der Waals surface area contributed by atoms with Gasteiger partial charge in [-0.3, -0.25) is 9.59 Å². The fourth-order valence-corrected chi connectivity index (χ4v) is 5.60. The van der Waals surface area contributed by atoms with Gasteiger partial charge in [0, 0.05) is 35.0 Å². The van der Waals surface area contributed by atoms with Crippen LogP contribution in [0.5, 0.6) is 0 Å². The Kier molecular flexibility index (Phi) is 9.60. The van der Waals surface area contributed by atoms with Crippen LogP contribution in [-0.2, 0) is 17.9 Å². The van der Waals surface area contributed by atoms with Crippen LogP contribution in [-0.4, -0.2) is 59.2 Å². The minimum Gasteiger partial charge on any atom is -0.332 e. The van der Waals surface area contributed by atoms with Crippen LogP contribution >= 0.6 is 34.5 Å². The lowest BCUT2D eigenvalue weighted by molar-refractivity contribution is -0.133. The second-order valence-corrected chi connectivity index (χ2v) is 11.5.